The summed E-state index contributed by atoms with van der Waals surface area (Å²) in [4.78, 5) is 5.85. The number of halogens is 1. The number of hydrogen-bond donors (Lipinski definition) is 2. The Hall–Kier alpha value is -2.50. The fraction of sp³-hybridized carbons (Fsp3) is 0.190. The summed E-state index contributed by atoms with van der Waals surface area (Å²) in [6.45, 7) is 6.23. The summed E-state index contributed by atoms with van der Waals surface area (Å²) in [5.74, 6) is 0.896. The molecular weight excluding hydrogens is 376 g/mol. The summed E-state index contributed by atoms with van der Waals surface area (Å²) in [6.07, 6.45) is 6.88. The summed E-state index contributed by atoms with van der Waals surface area (Å²) in [5.41, 5.74) is 13.1. The van der Waals surface area contributed by atoms with Gasteiger partial charge in [0.05, 0.1) is 16.4 Å². The van der Waals surface area contributed by atoms with Crippen LogP contribution >= 0.6 is 22.9 Å². The summed E-state index contributed by atoms with van der Waals surface area (Å²) in [5, 5.41) is 6.36. The standard InChI is InChI=1S/C21H21ClN4S/c1-12-7-4-5-9-15(22)17(12)19-20(26-14(3)11-27-21(26)25-19)24-18-13(2)8-6-10-16(18)23/h4-6,8-11,24H,7,23H2,1-3H3. The van der Waals surface area contributed by atoms with Crippen LogP contribution in [0.1, 0.15) is 30.3 Å². The van der Waals surface area contributed by atoms with Crippen LogP contribution in [-0.2, 0) is 0 Å². The maximum Gasteiger partial charge on any atom is 0.196 e. The van der Waals surface area contributed by atoms with Crippen LogP contribution in [0.15, 0.2) is 52.4 Å². The molecule has 0 aliphatic heterocycles. The predicted octanol–water partition coefficient (Wildman–Crippen LogP) is 6.19. The molecule has 4 rings (SSSR count). The number of para-hydroxylation sites is 1. The molecule has 2 aromatic heterocycles. The van der Waals surface area contributed by atoms with Gasteiger partial charge in [0.25, 0.3) is 0 Å². The van der Waals surface area contributed by atoms with Gasteiger partial charge in [0.1, 0.15) is 11.5 Å². The number of anilines is 3. The average Bonchev–Trinajstić information content (AvgIpc) is 3.10. The fourth-order valence-corrected chi connectivity index (χ4v) is 4.56. The molecule has 0 fully saturated rings. The van der Waals surface area contributed by atoms with E-state index in [1.165, 1.54) is 5.57 Å². The van der Waals surface area contributed by atoms with E-state index in [-0.39, 0.29) is 0 Å². The van der Waals surface area contributed by atoms with Crippen molar-refractivity contribution in [3.63, 3.8) is 0 Å². The highest BCUT2D eigenvalue weighted by molar-refractivity contribution is 7.15. The van der Waals surface area contributed by atoms with E-state index in [1.807, 2.05) is 37.3 Å². The number of aromatic nitrogens is 2. The minimum absolute atomic E-state index is 0.700. The second kappa shape index (κ2) is 6.91. The molecule has 0 spiro atoms. The van der Waals surface area contributed by atoms with E-state index in [0.717, 1.165) is 45.4 Å². The molecule has 3 aromatic rings. The molecule has 0 atom stereocenters. The van der Waals surface area contributed by atoms with E-state index >= 15 is 0 Å². The number of aryl methyl sites for hydroxylation is 2. The van der Waals surface area contributed by atoms with E-state index < -0.39 is 0 Å². The van der Waals surface area contributed by atoms with Gasteiger partial charge in [-0.3, -0.25) is 4.40 Å². The van der Waals surface area contributed by atoms with Gasteiger partial charge in [-0.1, -0.05) is 41.5 Å². The number of hydrogen-bond acceptors (Lipinski definition) is 4. The second-order valence-electron chi connectivity index (χ2n) is 6.77. The molecule has 0 radical (unpaired) electrons. The van der Waals surface area contributed by atoms with Crippen LogP contribution in [0, 0.1) is 13.8 Å². The lowest BCUT2D eigenvalue weighted by Gasteiger charge is -2.15. The summed E-state index contributed by atoms with van der Waals surface area (Å²) in [6, 6.07) is 5.91. The Morgan fingerprint density at radius 2 is 2.07 bits per heavy atom. The van der Waals surface area contributed by atoms with Crippen LogP contribution in [0.25, 0.3) is 10.5 Å². The highest BCUT2D eigenvalue weighted by Crippen LogP contribution is 2.40. The van der Waals surface area contributed by atoms with Crippen molar-refractivity contribution < 1.29 is 0 Å². The van der Waals surface area contributed by atoms with Gasteiger partial charge in [0.15, 0.2) is 4.96 Å². The number of rotatable bonds is 3. The number of nitrogen functional groups attached to an aromatic ring is 1. The van der Waals surface area contributed by atoms with E-state index in [2.05, 4.69) is 35.0 Å². The summed E-state index contributed by atoms with van der Waals surface area (Å²) >= 11 is 8.26. The Bertz CT molecular complexity index is 1110. The Morgan fingerprint density at radius 1 is 1.26 bits per heavy atom. The maximum atomic E-state index is 6.64. The SMILES string of the molecule is CC1=C(c2nc3scc(C)n3c2Nc2c(C)cccc2N)C(Cl)=CC=CC1. The zero-order valence-corrected chi connectivity index (χ0v) is 17.1. The van der Waals surface area contributed by atoms with Gasteiger partial charge in [-0.25, -0.2) is 4.98 Å². The third-order valence-corrected chi connectivity index (χ3v) is 6.05. The van der Waals surface area contributed by atoms with Crippen molar-refractivity contribution in [1.82, 2.24) is 9.38 Å². The first kappa shape index (κ1) is 17.9. The minimum Gasteiger partial charge on any atom is -0.397 e. The minimum atomic E-state index is 0.700. The molecular formula is C21H21ClN4S. The fourth-order valence-electron chi connectivity index (χ4n) is 3.37. The molecule has 27 heavy (non-hydrogen) atoms. The van der Waals surface area contributed by atoms with Crippen LogP contribution in [0.2, 0.25) is 0 Å². The van der Waals surface area contributed by atoms with Crippen molar-refractivity contribution in [2.24, 2.45) is 0 Å². The number of benzene rings is 1. The normalized spacial score (nSPS) is 14.6. The monoisotopic (exact) mass is 396 g/mol. The van der Waals surface area contributed by atoms with Crippen molar-refractivity contribution in [2.75, 3.05) is 11.1 Å². The lowest BCUT2D eigenvalue weighted by Crippen LogP contribution is -2.04. The molecule has 0 unspecified atom stereocenters. The topological polar surface area (TPSA) is 55.3 Å². The molecule has 0 amide bonds. The van der Waals surface area contributed by atoms with Crippen LogP contribution in [0.5, 0.6) is 0 Å². The molecule has 0 saturated heterocycles. The molecule has 1 aliphatic rings. The average molecular weight is 397 g/mol. The number of allylic oxidation sites excluding steroid dienone is 6. The van der Waals surface area contributed by atoms with Gasteiger partial charge in [-0.15, -0.1) is 11.3 Å². The number of nitrogens with one attached hydrogen (secondary N) is 1. The first-order chi connectivity index (χ1) is 13.0. The number of thiazole rings is 1. The van der Waals surface area contributed by atoms with Crippen molar-refractivity contribution in [3.05, 3.63) is 69.4 Å². The molecule has 1 aromatic carbocycles. The number of fused-ring (bicyclic) bond motifs is 1. The Morgan fingerprint density at radius 3 is 2.85 bits per heavy atom. The highest BCUT2D eigenvalue weighted by atomic mass is 35.5. The predicted molar refractivity (Wildman–Crippen MR) is 117 cm³/mol. The van der Waals surface area contributed by atoms with Crippen molar-refractivity contribution in [3.8, 4) is 0 Å². The summed E-state index contributed by atoms with van der Waals surface area (Å²) in [7, 11) is 0. The van der Waals surface area contributed by atoms with Gasteiger partial charge >= 0.3 is 0 Å². The number of nitrogens with zero attached hydrogens (tertiary/aromatic N) is 2. The van der Waals surface area contributed by atoms with Gasteiger partial charge < -0.3 is 11.1 Å². The maximum absolute atomic E-state index is 6.64. The summed E-state index contributed by atoms with van der Waals surface area (Å²) < 4.78 is 2.13. The number of imidazole rings is 1. The van der Waals surface area contributed by atoms with Crippen molar-refractivity contribution >= 4 is 50.7 Å². The van der Waals surface area contributed by atoms with Crippen LogP contribution in [0.3, 0.4) is 0 Å². The molecule has 6 heteroatoms. The second-order valence-corrected chi connectivity index (χ2v) is 8.01. The van der Waals surface area contributed by atoms with Gasteiger partial charge in [-0.2, -0.15) is 0 Å². The van der Waals surface area contributed by atoms with Crippen molar-refractivity contribution in [1.29, 1.82) is 0 Å². The molecule has 1 aliphatic carbocycles. The molecule has 4 nitrogen and oxygen atoms in total. The Kier molecular flexibility index (Phi) is 4.58. The quantitative estimate of drug-likeness (QED) is 0.518. The third-order valence-electron chi connectivity index (χ3n) is 4.79. The molecule has 3 N–H and O–H groups in total. The zero-order chi connectivity index (χ0) is 19.1. The first-order valence-corrected chi connectivity index (χ1v) is 10.0. The van der Waals surface area contributed by atoms with E-state index in [9.17, 15) is 0 Å². The number of nitrogens with two attached hydrogens (primary N) is 1. The molecule has 2 heterocycles. The molecule has 138 valence electrons. The zero-order valence-electron chi connectivity index (χ0n) is 15.5. The lowest BCUT2D eigenvalue weighted by molar-refractivity contribution is 1.13. The highest BCUT2D eigenvalue weighted by Gasteiger charge is 2.23. The Labute approximate surface area is 167 Å². The van der Waals surface area contributed by atoms with Crippen LogP contribution in [-0.4, -0.2) is 9.38 Å². The first-order valence-electron chi connectivity index (χ1n) is 8.79. The van der Waals surface area contributed by atoms with Crippen LogP contribution in [0.4, 0.5) is 17.2 Å². The largest absolute Gasteiger partial charge is 0.397 e. The van der Waals surface area contributed by atoms with E-state index in [0.29, 0.717) is 10.7 Å². The smallest absolute Gasteiger partial charge is 0.196 e. The van der Waals surface area contributed by atoms with E-state index in [1.54, 1.807) is 11.3 Å². The van der Waals surface area contributed by atoms with Gasteiger partial charge in [-0.05, 0) is 44.9 Å². The van der Waals surface area contributed by atoms with Gasteiger partial charge in [0, 0.05) is 16.6 Å². The van der Waals surface area contributed by atoms with Crippen molar-refractivity contribution in [2.45, 2.75) is 27.2 Å². The van der Waals surface area contributed by atoms with E-state index in [4.69, 9.17) is 22.3 Å². The molecule has 0 bridgehead atoms. The van der Waals surface area contributed by atoms with Gasteiger partial charge in [0.2, 0.25) is 0 Å². The van der Waals surface area contributed by atoms with Crippen LogP contribution < -0.4 is 11.1 Å². The third kappa shape index (κ3) is 3.07. The lowest BCUT2D eigenvalue weighted by atomic mass is 10.0. The molecule has 0 saturated carbocycles. The Balaban J connectivity index is 1.97.